The van der Waals surface area contributed by atoms with Gasteiger partial charge in [0.25, 0.3) is 0 Å². The first-order chi connectivity index (χ1) is 16.9. The van der Waals surface area contributed by atoms with Gasteiger partial charge in [-0.05, 0) is 24.6 Å². The number of piperazine rings is 1. The minimum Gasteiger partial charge on any atom is -0.497 e. The maximum absolute atomic E-state index is 12.6. The van der Waals surface area contributed by atoms with Gasteiger partial charge in [-0.2, -0.15) is 0 Å². The average molecular weight is 495 g/mol. The number of hydrogen-bond acceptors (Lipinski definition) is 7. The van der Waals surface area contributed by atoms with Crippen LogP contribution >= 0.6 is 11.3 Å². The summed E-state index contributed by atoms with van der Waals surface area (Å²) in [6.45, 7) is 4.87. The van der Waals surface area contributed by atoms with Gasteiger partial charge in [0.15, 0.2) is 5.13 Å². The molecule has 3 aromatic rings. The van der Waals surface area contributed by atoms with Crippen molar-refractivity contribution in [3.05, 3.63) is 59.0 Å². The van der Waals surface area contributed by atoms with Crippen LogP contribution in [0.2, 0.25) is 0 Å². The van der Waals surface area contributed by atoms with Crippen molar-refractivity contribution in [1.29, 1.82) is 0 Å². The summed E-state index contributed by atoms with van der Waals surface area (Å²) in [5, 5.41) is 5.32. The van der Waals surface area contributed by atoms with Crippen molar-refractivity contribution >= 4 is 28.3 Å². The van der Waals surface area contributed by atoms with Crippen LogP contribution in [0.25, 0.3) is 11.3 Å². The maximum atomic E-state index is 12.6. The Morgan fingerprint density at radius 1 is 1.03 bits per heavy atom. The lowest BCUT2D eigenvalue weighted by atomic mass is 10.1. The van der Waals surface area contributed by atoms with Crippen molar-refractivity contribution in [2.24, 2.45) is 0 Å². The zero-order valence-corrected chi connectivity index (χ0v) is 21.1. The summed E-state index contributed by atoms with van der Waals surface area (Å²) in [6.07, 6.45) is 0.409. The van der Waals surface area contributed by atoms with E-state index in [0.717, 1.165) is 16.8 Å². The number of aromatic nitrogens is 1. The van der Waals surface area contributed by atoms with Crippen LogP contribution < -0.4 is 14.8 Å². The van der Waals surface area contributed by atoms with Gasteiger partial charge in [-0.15, -0.1) is 11.3 Å². The molecule has 1 aromatic heterocycles. The molecule has 8 nitrogen and oxygen atoms in total. The Morgan fingerprint density at radius 2 is 1.77 bits per heavy atom. The molecule has 9 heteroatoms. The molecule has 0 saturated carbocycles. The fourth-order valence-electron chi connectivity index (χ4n) is 3.97. The topological polar surface area (TPSA) is 84.0 Å². The summed E-state index contributed by atoms with van der Waals surface area (Å²) >= 11 is 1.37. The van der Waals surface area contributed by atoms with Crippen LogP contribution in [0.3, 0.4) is 0 Å². The monoisotopic (exact) mass is 494 g/mol. The second-order valence-electron chi connectivity index (χ2n) is 8.47. The quantitative estimate of drug-likeness (QED) is 0.516. The number of ether oxygens (including phenoxy) is 2. The predicted octanol–water partition coefficient (Wildman–Crippen LogP) is 3.46. The molecule has 0 bridgehead atoms. The van der Waals surface area contributed by atoms with E-state index in [1.807, 2.05) is 53.6 Å². The normalized spacial score (nSPS) is 14.0. The van der Waals surface area contributed by atoms with E-state index in [4.69, 9.17) is 9.47 Å². The lowest BCUT2D eigenvalue weighted by Crippen LogP contribution is -2.50. The van der Waals surface area contributed by atoms with Crippen molar-refractivity contribution in [2.45, 2.75) is 13.3 Å². The van der Waals surface area contributed by atoms with Crippen LogP contribution in [0.1, 0.15) is 11.1 Å². The fourth-order valence-corrected chi connectivity index (χ4v) is 4.70. The zero-order valence-electron chi connectivity index (χ0n) is 20.2. The average Bonchev–Trinajstić information content (AvgIpc) is 3.33. The van der Waals surface area contributed by atoms with Crippen molar-refractivity contribution in [1.82, 2.24) is 14.8 Å². The van der Waals surface area contributed by atoms with Crippen LogP contribution in [0.4, 0.5) is 5.13 Å². The molecule has 2 amide bonds. The molecule has 1 saturated heterocycles. The number of aryl methyl sites for hydroxylation is 1. The lowest BCUT2D eigenvalue weighted by molar-refractivity contribution is -0.132. The SMILES string of the molecule is COc1ccc(-c2csc(NC(=O)CN3CCN(C(=O)Cc4ccc(C)cc4)CC3)n2)c(OC)c1. The standard InChI is InChI=1S/C26H30N4O4S/c1-18-4-6-19(7-5-18)14-25(32)30-12-10-29(11-13-30)16-24(31)28-26-27-22(17-35-26)21-9-8-20(33-2)15-23(21)34-3/h4-9,15,17H,10-14,16H2,1-3H3,(H,27,28,31). The largest absolute Gasteiger partial charge is 0.497 e. The number of anilines is 1. The van der Waals surface area contributed by atoms with E-state index >= 15 is 0 Å². The lowest BCUT2D eigenvalue weighted by Gasteiger charge is -2.34. The first-order valence-corrected chi connectivity index (χ1v) is 12.4. The smallest absolute Gasteiger partial charge is 0.240 e. The number of carbonyl (C=O) groups excluding carboxylic acids is 2. The Bertz CT molecular complexity index is 1170. The van der Waals surface area contributed by atoms with Crippen LogP contribution in [0.5, 0.6) is 11.5 Å². The van der Waals surface area contributed by atoms with Crippen LogP contribution in [-0.2, 0) is 16.0 Å². The van der Waals surface area contributed by atoms with E-state index in [1.54, 1.807) is 20.3 Å². The molecular weight excluding hydrogens is 464 g/mol. The second kappa shape index (κ2) is 11.3. The van der Waals surface area contributed by atoms with Crippen LogP contribution in [0.15, 0.2) is 47.8 Å². The Hall–Kier alpha value is -3.43. The third-order valence-electron chi connectivity index (χ3n) is 6.00. The minimum atomic E-state index is -0.118. The summed E-state index contributed by atoms with van der Waals surface area (Å²) in [5.74, 6) is 1.36. The van der Waals surface area contributed by atoms with Crippen LogP contribution in [-0.4, -0.2) is 73.5 Å². The molecule has 0 radical (unpaired) electrons. The molecule has 35 heavy (non-hydrogen) atoms. The highest BCUT2D eigenvalue weighted by Gasteiger charge is 2.23. The minimum absolute atomic E-state index is 0.118. The molecule has 1 aliphatic heterocycles. The third kappa shape index (κ3) is 6.37. The van der Waals surface area contributed by atoms with Crippen molar-refractivity contribution in [3.8, 4) is 22.8 Å². The van der Waals surface area contributed by atoms with Crippen LogP contribution in [0, 0.1) is 6.92 Å². The summed E-state index contributed by atoms with van der Waals surface area (Å²) < 4.78 is 10.7. The summed E-state index contributed by atoms with van der Waals surface area (Å²) in [4.78, 5) is 33.7. The highest BCUT2D eigenvalue weighted by Crippen LogP contribution is 2.34. The van der Waals surface area contributed by atoms with Gasteiger partial charge in [-0.1, -0.05) is 29.8 Å². The summed E-state index contributed by atoms with van der Waals surface area (Å²) in [6, 6.07) is 13.6. The third-order valence-corrected chi connectivity index (χ3v) is 6.76. The molecule has 0 spiro atoms. The highest BCUT2D eigenvalue weighted by molar-refractivity contribution is 7.14. The summed E-state index contributed by atoms with van der Waals surface area (Å²) in [7, 11) is 3.21. The van der Waals surface area contributed by atoms with Gasteiger partial charge in [-0.3, -0.25) is 14.5 Å². The van der Waals surface area contributed by atoms with E-state index in [2.05, 4.69) is 15.2 Å². The Kier molecular flexibility index (Phi) is 7.99. The van der Waals surface area contributed by atoms with Gasteiger partial charge in [0.1, 0.15) is 11.5 Å². The second-order valence-corrected chi connectivity index (χ2v) is 9.33. The maximum Gasteiger partial charge on any atom is 0.240 e. The molecule has 1 aliphatic rings. The molecule has 0 aliphatic carbocycles. The highest BCUT2D eigenvalue weighted by atomic mass is 32.1. The Morgan fingerprint density at radius 3 is 2.46 bits per heavy atom. The molecule has 2 aromatic carbocycles. The van der Waals surface area contributed by atoms with E-state index in [9.17, 15) is 9.59 Å². The first-order valence-electron chi connectivity index (χ1n) is 11.5. The number of carbonyl (C=O) groups is 2. The number of methoxy groups -OCH3 is 2. The molecule has 4 rings (SSSR count). The van der Waals surface area contributed by atoms with E-state index in [1.165, 1.54) is 16.9 Å². The van der Waals surface area contributed by atoms with Crippen molar-refractivity contribution in [2.75, 3.05) is 52.3 Å². The molecular formula is C26H30N4O4S. The number of thiazole rings is 1. The van der Waals surface area contributed by atoms with Crippen molar-refractivity contribution in [3.63, 3.8) is 0 Å². The number of nitrogens with one attached hydrogen (secondary N) is 1. The molecule has 0 unspecified atom stereocenters. The zero-order chi connectivity index (χ0) is 24.8. The van der Waals surface area contributed by atoms with Crippen molar-refractivity contribution < 1.29 is 19.1 Å². The van der Waals surface area contributed by atoms with Gasteiger partial charge in [0.05, 0.1) is 32.9 Å². The molecule has 1 fully saturated rings. The number of amides is 2. The first kappa shape index (κ1) is 24.7. The number of rotatable bonds is 8. The molecule has 1 N–H and O–H groups in total. The fraction of sp³-hybridized carbons (Fsp3) is 0.346. The van der Waals surface area contributed by atoms with E-state index < -0.39 is 0 Å². The number of hydrogen-bond donors (Lipinski definition) is 1. The van der Waals surface area contributed by atoms with E-state index in [-0.39, 0.29) is 18.4 Å². The molecule has 2 heterocycles. The van der Waals surface area contributed by atoms with Gasteiger partial charge in [0, 0.05) is 43.2 Å². The van der Waals surface area contributed by atoms with Gasteiger partial charge in [0.2, 0.25) is 11.8 Å². The molecule has 184 valence electrons. The summed E-state index contributed by atoms with van der Waals surface area (Å²) in [5.41, 5.74) is 3.77. The Labute approximate surface area is 209 Å². The van der Waals surface area contributed by atoms with Gasteiger partial charge >= 0.3 is 0 Å². The number of nitrogens with zero attached hydrogens (tertiary/aromatic N) is 3. The number of benzene rings is 2. The molecule has 0 atom stereocenters. The van der Waals surface area contributed by atoms with E-state index in [0.29, 0.717) is 49.2 Å². The Balaban J connectivity index is 1.26. The van der Waals surface area contributed by atoms with Gasteiger partial charge in [-0.25, -0.2) is 4.98 Å². The predicted molar refractivity (Wildman–Crippen MR) is 137 cm³/mol. The van der Waals surface area contributed by atoms with Gasteiger partial charge < -0.3 is 19.7 Å².